The average Bonchev–Trinajstić information content (AvgIpc) is 2.71. The summed E-state index contributed by atoms with van der Waals surface area (Å²) >= 11 is 1.99. The first kappa shape index (κ1) is 9.70. The molecule has 1 aromatic heterocycles. The maximum atomic E-state index is 11.5. The van der Waals surface area contributed by atoms with Crippen LogP contribution in [0, 0.1) is 0 Å². The molecular weight excluding hydrogens is 297 g/mol. The first-order valence-electron chi connectivity index (χ1n) is 4.19. The summed E-state index contributed by atoms with van der Waals surface area (Å²) in [6.45, 7) is 0.254. The third-order valence-electron chi connectivity index (χ3n) is 2.08. The molecule has 0 bridgehead atoms. The standard InChI is InChI=1S/C9H8INO3/c10-7-4-8(12)11(9(7)13)5-6-2-1-3-14-6/h1-3,7H,4-5H2. The number of nitrogens with zero attached hydrogens (tertiary/aromatic N) is 1. The van der Waals surface area contributed by atoms with Gasteiger partial charge < -0.3 is 4.42 Å². The maximum absolute atomic E-state index is 11.5. The quantitative estimate of drug-likeness (QED) is 0.471. The van der Waals surface area contributed by atoms with Crippen molar-refractivity contribution < 1.29 is 14.0 Å². The predicted molar refractivity (Wildman–Crippen MR) is 56.7 cm³/mol. The smallest absolute Gasteiger partial charge is 0.243 e. The Balaban J connectivity index is 2.12. The minimum absolute atomic E-state index is 0.119. The van der Waals surface area contributed by atoms with E-state index in [1.54, 1.807) is 12.1 Å². The zero-order valence-corrected chi connectivity index (χ0v) is 9.43. The van der Waals surface area contributed by atoms with Crippen molar-refractivity contribution >= 4 is 34.4 Å². The van der Waals surface area contributed by atoms with Gasteiger partial charge in [0.15, 0.2) is 0 Å². The fourth-order valence-corrected chi connectivity index (χ4v) is 2.08. The van der Waals surface area contributed by atoms with Gasteiger partial charge in [-0.2, -0.15) is 0 Å². The summed E-state index contributed by atoms with van der Waals surface area (Å²) in [6, 6.07) is 3.49. The molecular formula is C9H8INO3. The third-order valence-corrected chi connectivity index (χ3v) is 3.06. The van der Waals surface area contributed by atoms with E-state index in [1.165, 1.54) is 11.2 Å². The van der Waals surface area contributed by atoms with Crippen LogP contribution in [0.2, 0.25) is 0 Å². The highest BCUT2D eigenvalue weighted by Gasteiger charge is 2.36. The second-order valence-corrected chi connectivity index (χ2v) is 4.57. The first-order chi connectivity index (χ1) is 6.68. The van der Waals surface area contributed by atoms with Gasteiger partial charge in [0, 0.05) is 6.42 Å². The summed E-state index contributed by atoms with van der Waals surface area (Å²) in [5.41, 5.74) is 0. The summed E-state index contributed by atoms with van der Waals surface area (Å²) in [5, 5.41) is 0. The second kappa shape index (κ2) is 3.72. The molecule has 2 amide bonds. The van der Waals surface area contributed by atoms with E-state index >= 15 is 0 Å². The molecule has 14 heavy (non-hydrogen) atoms. The molecule has 4 nitrogen and oxygen atoms in total. The van der Waals surface area contributed by atoms with Gasteiger partial charge in [0.25, 0.3) is 0 Å². The summed E-state index contributed by atoms with van der Waals surface area (Å²) in [5.74, 6) is 0.398. The zero-order chi connectivity index (χ0) is 10.1. The van der Waals surface area contributed by atoms with Crippen LogP contribution in [0.1, 0.15) is 12.2 Å². The Morgan fingerprint density at radius 3 is 2.86 bits per heavy atom. The van der Waals surface area contributed by atoms with Gasteiger partial charge in [-0.3, -0.25) is 14.5 Å². The van der Waals surface area contributed by atoms with Crippen LogP contribution in [-0.4, -0.2) is 20.6 Å². The summed E-state index contributed by atoms with van der Waals surface area (Å²) in [4.78, 5) is 24.1. The molecule has 1 aliphatic heterocycles. The van der Waals surface area contributed by atoms with E-state index in [0.717, 1.165) is 0 Å². The van der Waals surface area contributed by atoms with E-state index in [-0.39, 0.29) is 22.3 Å². The minimum Gasteiger partial charge on any atom is -0.467 e. The number of likely N-dealkylation sites (tertiary alicyclic amines) is 1. The van der Waals surface area contributed by atoms with Crippen molar-refractivity contribution in [2.45, 2.75) is 16.9 Å². The van der Waals surface area contributed by atoms with Gasteiger partial charge in [-0.05, 0) is 12.1 Å². The Bertz CT molecular complexity index is 360. The highest BCUT2D eigenvalue weighted by atomic mass is 127. The van der Waals surface area contributed by atoms with Crippen LogP contribution in [0.4, 0.5) is 0 Å². The SMILES string of the molecule is O=C1CC(I)C(=O)N1Cc1ccco1. The lowest BCUT2D eigenvalue weighted by Crippen LogP contribution is -2.29. The molecule has 0 aliphatic carbocycles. The Hall–Kier alpha value is -0.850. The van der Waals surface area contributed by atoms with Crippen molar-refractivity contribution in [2.75, 3.05) is 0 Å². The number of amides is 2. The molecule has 0 N–H and O–H groups in total. The van der Waals surface area contributed by atoms with Gasteiger partial charge in [0.2, 0.25) is 11.8 Å². The number of rotatable bonds is 2. The van der Waals surface area contributed by atoms with Crippen molar-refractivity contribution in [3.63, 3.8) is 0 Å². The van der Waals surface area contributed by atoms with Crippen LogP contribution < -0.4 is 0 Å². The van der Waals surface area contributed by atoms with Crippen LogP contribution in [0.3, 0.4) is 0 Å². The van der Waals surface area contributed by atoms with Crippen LogP contribution in [-0.2, 0) is 16.1 Å². The Kier molecular flexibility index (Phi) is 2.58. The number of alkyl halides is 1. The molecule has 5 heteroatoms. The Morgan fingerprint density at radius 1 is 1.57 bits per heavy atom. The topological polar surface area (TPSA) is 50.5 Å². The number of hydrogen-bond acceptors (Lipinski definition) is 3. The van der Waals surface area contributed by atoms with Crippen molar-refractivity contribution in [3.8, 4) is 0 Å². The maximum Gasteiger partial charge on any atom is 0.243 e. The fourth-order valence-electron chi connectivity index (χ4n) is 1.37. The van der Waals surface area contributed by atoms with E-state index in [1.807, 2.05) is 22.6 Å². The lowest BCUT2D eigenvalue weighted by molar-refractivity contribution is -0.139. The van der Waals surface area contributed by atoms with Gasteiger partial charge >= 0.3 is 0 Å². The summed E-state index contributed by atoms with van der Waals surface area (Å²) in [6.07, 6.45) is 1.84. The molecule has 2 rings (SSSR count). The molecule has 0 radical (unpaired) electrons. The largest absolute Gasteiger partial charge is 0.467 e. The molecule has 1 saturated heterocycles. The van der Waals surface area contributed by atoms with E-state index < -0.39 is 0 Å². The number of carbonyl (C=O) groups is 2. The molecule has 0 aromatic carbocycles. The van der Waals surface area contributed by atoms with Crippen molar-refractivity contribution in [1.82, 2.24) is 4.90 Å². The van der Waals surface area contributed by atoms with Gasteiger partial charge in [0.05, 0.1) is 16.7 Å². The van der Waals surface area contributed by atoms with E-state index in [2.05, 4.69) is 0 Å². The third kappa shape index (κ3) is 1.68. The van der Waals surface area contributed by atoms with Gasteiger partial charge in [-0.25, -0.2) is 0 Å². The fraction of sp³-hybridized carbons (Fsp3) is 0.333. The monoisotopic (exact) mass is 305 g/mol. The normalized spacial score (nSPS) is 22.1. The lowest BCUT2D eigenvalue weighted by Gasteiger charge is -2.11. The van der Waals surface area contributed by atoms with Crippen molar-refractivity contribution in [2.24, 2.45) is 0 Å². The molecule has 1 fully saturated rings. The van der Waals surface area contributed by atoms with Crippen LogP contribution in [0.5, 0.6) is 0 Å². The number of imide groups is 1. The number of furan rings is 1. The number of carbonyl (C=O) groups excluding carboxylic acids is 2. The molecule has 2 heterocycles. The number of hydrogen-bond donors (Lipinski definition) is 0. The average molecular weight is 305 g/mol. The molecule has 1 aliphatic rings. The summed E-state index contributed by atoms with van der Waals surface area (Å²) < 4.78 is 4.87. The number of halogens is 1. The van der Waals surface area contributed by atoms with Crippen molar-refractivity contribution in [3.05, 3.63) is 24.2 Å². The molecule has 1 atom stereocenters. The second-order valence-electron chi connectivity index (χ2n) is 3.07. The first-order valence-corrected chi connectivity index (χ1v) is 5.43. The van der Waals surface area contributed by atoms with E-state index in [0.29, 0.717) is 12.2 Å². The van der Waals surface area contributed by atoms with Crippen molar-refractivity contribution in [1.29, 1.82) is 0 Å². The molecule has 0 spiro atoms. The molecule has 1 unspecified atom stereocenters. The lowest BCUT2D eigenvalue weighted by atomic mass is 10.4. The Labute approximate surface area is 94.4 Å². The molecule has 1 aromatic rings. The Morgan fingerprint density at radius 2 is 2.36 bits per heavy atom. The summed E-state index contributed by atoms with van der Waals surface area (Å²) in [7, 11) is 0. The van der Waals surface area contributed by atoms with Gasteiger partial charge in [-0.1, -0.05) is 22.6 Å². The van der Waals surface area contributed by atoms with Gasteiger partial charge in [-0.15, -0.1) is 0 Å². The van der Waals surface area contributed by atoms with Gasteiger partial charge in [0.1, 0.15) is 5.76 Å². The van der Waals surface area contributed by atoms with Crippen LogP contribution >= 0.6 is 22.6 Å². The van der Waals surface area contributed by atoms with Crippen LogP contribution in [0.15, 0.2) is 22.8 Å². The van der Waals surface area contributed by atoms with Crippen LogP contribution in [0.25, 0.3) is 0 Å². The highest BCUT2D eigenvalue weighted by molar-refractivity contribution is 14.1. The minimum atomic E-state index is -0.213. The molecule has 74 valence electrons. The molecule has 0 saturated carbocycles. The highest BCUT2D eigenvalue weighted by Crippen LogP contribution is 2.22. The van der Waals surface area contributed by atoms with E-state index in [4.69, 9.17) is 4.42 Å². The zero-order valence-electron chi connectivity index (χ0n) is 7.27. The van der Waals surface area contributed by atoms with E-state index in [9.17, 15) is 9.59 Å². The predicted octanol–water partition coefficient (Wildman–Crippen LogP) is 1.34.